The van der Waals surface area contributed by atoms with Crippen LogP contribution in [0.25, 0.3) is 0 Å². The Morgan fingerprint density at radius 3 is 2.23 bits per heavy atom. The topological polar surface area (TPSA) is 156 Å². The molecule has 0 heterocycles. The molecule has 9 nitrogen and oxygen atoms in total. The summed E-state index contributed by atoms with van der Waals surface area (Å²) in [6, 6.07) is 1.83. The van der Waals surface area contributed by atoms with E-state index >= 15 is 0 Å². The van der Waals surface area contributed by atoms with Crippen LogP contribution in [0.15, 0.2) is 0 Å². The van der Waals surface area contributed by atoms with Gasteiger partial charge in [0.15, 0.2) is 0 Å². The van der Waals surface area contributed by atoms with Gasteiger partial charge in [-0.05, 0) is 12.8 Å². The van der Waals surface area contributed by atoms with Crippen LogP contribution in [0, 0.1) is 11.3 Å². The molecule has 0 bridgehead atoms. The number of thiocarbonyl (C=S) groups is 1. The molecular formula is C10H13NO8S3. The Bertz CT molecular complexity index is 686. The molecule has 0 rings (SSSR count). The van der Waals surface area contributed by atoms with Crippen LogP contribution in [-0.2, 0) is 33.7 Å². The number of nitrogens with zero attached hydrogens (tertiary/aromatic N) is 1. The maximum Gasteiger partial charge on any atom is 0.363 e. The zero-order valence-corrected chi connectivity index (χ0v) is 13.7. The molecule has 0 aliphatic rings. The quantitative estimate of drug-likeness (QED) is 0.370. The van der Waals surface area contributed by atoms with Crippen LogP contribution in [0.4, 0.5) is 0 Å². The van der Waals surface area contributed by atoms with E-state index in [0.29, 0.717) is 6.42 Å². The fraction of sp³-hybridized carbons (Fsp3) is 0.600. The maximum atomic E-state index is 11.6. The summed E-state index contributed by atoms with van der Waals surface area (Å²) < 4.78 is 48.8. The number of hydrogen-bond donors (Lipinski definition) is 1. The third-order valence-corrected chi connectivity index (χ3v) is 6.98. The highest BCUT2D eigenvalue weighted by Gasteiger charge is 2.34. The Morgan fingerprint density at radius 2 is 1.73 bits per heavy atom. The Hall–Kier alpha value is -1.58. The molecule has 0 aromatic carbocycles. The summed E-state index contributed by atoms with van der Waals surface area (Å²) in [4.78, 5) is 21.6. The number of carbonyl (C=O) groups is 2. The van der Waals surface area contributed by atoms with Gasteiger partial charge in [-0.25, -0.2) is 8.42 Å². The van der Waals surface area contributed by atoms with E-state index in [1.165, 1.54) is 0 Å². The van der Waals surface area contributed by atoms with Gasteiger partial charge >= 0.3 is 22.1 Å². The van der Waals surface area contributed by atoms with Crippen LogP contribution in [0.1, 0.15) is 32.1 Å². The summed E-state index contributed by atoms with van der Waals surface area (Å²) in [7, 11) is -9.52. The van der Waals surface area contributed by atoms with E-state index in [1.54, 1.807) is 0 Å². The van der Waals surface area contributed by atoms with Gasteiger partial charge < -0.3 is 9.29 Å². The molecule has 0 atom stereocenters. The van der Waals surface area contributed by atoms with Gasteiger partial charge in [-0.2, -0.15) is 13.7 Å². The Kier molecular flexibility index (Phi) is 8.13. The number of carboxylic acids is 1. The van der Waals surface area contributed by atoms with E-state index in [0.717, 1.165) is 0 Å². The number of unbranched alkanes of at least 4 members (excludes halogenated alkanes) is 2. The van der Waals surface area contributed by atoms with Crippen LogP contribution in [0.2, 0.25) is 0 Å². The molecule has 0 radical (unpaired) electrons. The van der Waals surface area contributed by atoms with Gasteiger partial charge in [0.25, 0.3) is 3.53 Å². The molecular weight excluding hydrogens is 358 g/mol. The molecule has 0 fully saturated rings. The van der Waals surface area contributed by atoms with Gasteiger partial charge in [-0.1, -0.05) is 12.2 Å². The lowest BCUT2D eigenvalue weighted by molar-refractivity contribution is -0.136. The summed E-state index contributed by atoms with van der Waals surface area (Å²) in [5.41, 5.74) is 0. The number of carbonyl (C=O) groups excluding carboxylic acids is 1. The van der Waals surface area contributed by atoms with Gasteiger partial charge in [0, 0.05) is 12.8 Å². The minimum atomic E-state index is -4.97. The predicted octanol–water partition coefficient (Wildman–Crippen LogP) is 0.118. The highest BCUT2D eigenvalue weighted by molar-refractivity contribution is 8.39. The number of aliphatic carboxylic acids is 1. The van der Waals surface area contributed by atoms with E-state index in [9.17, 15) is 26.4 Å². The lowest BCUT2D eigenvalue weighted by Crippen LogP contribution is -2.29. The minimum Gasteiger partial charge on any atom is -0.481 e. The fourth-order valence-electron chi connectivity index (χ4n) is 1.13. The standard InChI is InChI=1S/C10H13NO8S3/c11-6-3-1-2-4-9(14)19-22(17,18)10(20)21(15,16)7-5-8(12)13/h1-5,7H2,(H,12,13). The highest BCUT2D eigenvalue weighted by Crippen LogP contribution is 2.10. The van der Waals surface area contributed by atoms with E-state index < -0.39 is 47.6 Å². The number of rotatable bonds is 7. The van der Waals surface area contributed by atoms with Crippen molar-refractivity contribution in [2.75, 3.05) is 5.75 Å². The van der Waals surface area contributed by atoms with E-state index in [4.69, 9.17) is 10.4 Å². The molecule has 0 spiro atoms. The first kappa shape index (κ1) is 20.4. The van der Waals surface area contributed by atoms with Crippen LogP contribution >= 0.6 is 12.2 Å². The number of hydrogen-bond acceptors (Lipinski definition) is 9. The Labute approximate surface area is 132 Å². The van der Waals surface area contributed by atoms with Crippen molar-refractivity contribution in [3.63, 3.8) is 0 Å². The highest BCUT2D eigenvalue weighted by atomic mass is 32.3. The molecule has 0 aromatic rings. The first-order valence-corrected chi connectivity index (χ1v) is 9.32. The zero-order chi connectivity index (χ0) is 17.4. The van der Waals surface area contributed by atoms with Crippen LogP contribution in [0.5, 0.6) is 0 Å². The second kappa shape index (κ2) is 8.76. The average molecular weight is 371 g/mol. The molecule has 0 aliphatic heterocycles. The second-order valence-electron chi connectivity index (χ2n) is 3.99. The van der Waals surface area contributed by atoms with Crippen molar-refractivity contribution in [1.29, 1.82) is 5.26 Å². The largest absolute Gasteiger partial charge is 0.481 e. The number of sulfone groups is 1. The summed E-state index contributed by atoms with van der Waals surface area (Å²) in [5.74, 6) is -3.66. The van der Waals surface area contributed by atoms with Gasteiger partial charge in [0.05, 0.1) is 18.2 Å². The molecule has 22 heavy (non-hydrogen) atoms. The first-order chi connectivity index (χ1) is 10.0. The third kappa shape index (κ3) is 7.43. The fourth-order valence-corrected chi connectivity index (χ4v) is 4.09. The molecule has 12 heteroatoms. The maximum absolute atomic E-state index is 11.6. The van der Waals surface area contributed by atoms with Crippen molar-refractivity contribution in [3.8, 4) is 6.07 Å². The average Bonchev–Trinajstić information content (AvgIpc) is 2.40. The van der Waals surface area contributed by atoms with E-state index in [1.807, 2.05) is 6.07 Å². The third-order valence-electron chi connectivity index (χ3n) is 2.16. The van der Waals surface area contributed by atoms with Crippen molar-refractivity contribution in [3.05, 3.63) is 0 Å². The normalized spacial score (nSPS) is 11.4. The Morgan fingerprint density at radius 1 is 1.14 bits per heavy atom. The molecule has 0 aliphatic carbocycles. The zero-order valence-electron chi connectivity index (χ0n) is 11.2. The van der Waals surface area contributed by atoms with Crippen molar-refractivity contribution in [2.45, 2.75) is 32.1 Å². The van der Waals surface area contributed by atoms with Crippen LogP contribution < -0.4 is 0 Å². The van der Waals surface area contributed by atoms with Crippen molar-refractivity contribution < 1.29 is 35.7 Å². The van der Waals surface area contributed by atoms with Crippen molar-refractivity contribution in [1.82, 2.24) is 0 Å². The van der Waals surface area contributed by atoms with E-state index in [2.05, 4.69) is 16.4 Å². The predicted molar refractivity (Wildman–Crippen MR) is 77.7 cm³/mol. The molecule has 0 saturated heterocycles. The second-order valence-corrected chi connectivity index (χ2v) is 8.70. The van der Waals surface area contributed by atoms with Gasteiger partial charge in [0.2, 0.25) is 9.84 Å². The molecule has 1 N–H and O–H groups in total. The van der Waals surface area contributed by atoms with Crippen molar-refractivity contribution >= 4 is 47.6 Å². The first-order valence-electron chi connectivity index (χ1n) is 5.85. The molecule has 0 unspecified atom stereocenters. The molecule has 0 aromatic heterocycles. The lowest BCUT2D eigenvalue weighted by atomic mass is 10.2. The SMILES string of the molecule is N#CCCCCC(=O)OS(=O)(=O)C(=S)S(=O)(=O)CCC(=O)O. The smallest absolute Gasteiger partial charge is 0.363 e. The molecule has 0 amide bonds. The number of carboxylic acid groups (broad SMARTS) is 1. The van der Waals surface area contributed by atoms with Gasteiger partial charge in [-0.15, -0.1) is 0 Å². The summed E-state index contributed by atoms with van der Waals surface area (Å²) in [6.45, 7) is 0. The lowest BCUT2D eigenvalue weighted by Gasteiger charge is -2.07. The Balaban J connectivity index is 4.73. The summed E-state index contributed by atoms with van der Waals surface area (Å²) in [5, 5.41) is 16.7. The monoisotopic (exact) mass is 371 g/mol. The minimum absolute atomic E-state index is 0.183. The van der Waals surface area contributed by atoms with Crippen molar-refractivity contribution in [2.24, 2.45) is 0 Å². The number of nitriles is 1. The van der Waals surface area contributed by atoms with E-state index in [-0.39, 0.29) is 19.3 Å². The van der Waals surface area contributed by atoms with Gasteiger partial charge in [0.1, 0.15) is 0 Å². The summed E-state index contributed by atoms with van der Waals surface area (Å²) >= 11 is 4.26. The van der Waals surface area contributed by atoms with Gasteiger partial charge in [-0.3, -0.25) is 9.59 Å². The van der Waals surface area contributed by atoms with Crippen LogP contribution in [-0.4, -0.2) is 43.2 Å². The van der Waals surface area contributed by atoms with Crippen LogP contribution in [0.3, 0.4) is 0 Å². The summed E-state index contributed by atoms with van der Waals surface area (Å²) in [6.07, 6.45) is -0.422. The molecule has 124 valence electrons. The molecule has 0 saturated carbocycles.